The van der Waals surface area contributed by atoms with Gasteiger partial charge in [-0.05, 0) is 31.9 Å². The number of carbonyl (C=O) groups excluding carboxylic acids is 2. The minimum absolute atomic E-state index is 0.168. The lowest BCUT2D eigenvalue weighted by atomic mass is 10.0. The van der Waals surface area contributed by atoms with Gasteiger partial charge in [-0.2, -0.15) is 0 Å². The molecule has 2 aromatic rings. The molecule has 0 fully saturated rings. The number of nitrogens with zero attached hydrogens (tertiary/aromatic N) is 2. The van der Waals surface area contributed by atoms with E-state index in [1.807, 2.05) is 60.7 Å². The zero-order valence-corrected chi connectivity index (χ0v) is 15.8. The van der Waals surface area contributed by atoms with Crippen LogP contribution in [-0.4, -0.2) is 27.4 Å². The molecule has 0 saturated heterocycles. The quantitative estimate of drug-likeness (QED) is 0.807. The molecule has 2 aromatic carbocycles. The van der Waals surface area contributed by atoms with E-state index in [0.29, 0.717) is 6.54 Å². The molecular weight excluding hydrogens is 340 g/mol. The van der Waals surface area contributed by atoms with E-state index in [9.17, 15) is 9.59 Å². The predicted octanol–water partition coefficient (Wildman–Crippen LogP) is 4.48. The fourth-order valence-corrected chi connectivity index (χ4v) is 2.92. The fourth-order valence-electron chi connectivity index (χ4n) is 2.92. The van der Waals surface area contributed by atoms with Crippen LogP contribution in [0.3, 0.4) is 0 Å². The van der Waals surface area contributed by atoms with Gasteiger partial charge in [0.15, 0.2) is 0 Å². The van der Waals surface area contributed by atoms with Crippen LogP contribution < -0.4 is 0 Å². The fraction of sp³-hybridized carbons (Fsp3) is 0.273. The van der Waals surface area contributed by atoms with Crippen molar-refractivity contribution in [1.29, 1.82) is 0 Å². The lowest BCUT2D eigenvalue weighted by Gasteiger charge is -2.36. The number of ether oxygens (including phenoxy) is 1. The minimum Gasteiger partial charge on any atom is -0.443 e. The summed E-state index contributed by atoms with van der Waals surface area (Å²) in [6.45, 7) is 5.86. The van der Waals surface area contributed by atoms with E-state index in [4.69, 9.17) is 4.74 Å². The molecule has 0 N–H and O–H groups in total. The molecule has 0 saturated carbocycles. The summed E-state index contributed by atoms with van der Waals surface area (Å²) in [5, 5.41) is 0. The molecule has 0 aromatic heterocycles. The van der Waals surface area contributed by atoms with Gasteiger partial charge < -0.3 is 9.64 Å². The molecule has 3 rings (SSSR count). The van der Waals surface area contributed by atoms with E-state index in [0.717, 1.165) is 11.1 Å². The third kappa shape index (κ3) is 4.56. The van der Waals surface area contributed by atoms with E-state index in [1.54, 1.807) is 38.1 Å². The van der Waals surface area contributed by atoms with Crippen LogP contribution in [0.15, 0.2) is 73.1 Å². The Morgan fingerprint density at radius 3 is 2.15 bits per heavy atom. The third-order valence-electron chi connectivity index (χ3n) is 4.12. The molecule has 0 aliphatic carbocycles. The Morgan fingerprint density at radius 1 is 0.963 bits per heavy atom. The van der Waals surface area contributed by atoms with Crippen LogP contribution >= 0.6 is 0 Å². The average molecular weight is 364 g/mol. The largest absolute Gasteiger partial charge is 0.443 e. The summed E-state index contributed by atoms with van der Waals surface area (Å²) >= 11 is 0. The van der Waals surface area contributed by atoms with E-state index in [1.165, 1.54) is 4.90 Å². The first kappa shape index (κ1) is 18.7. The van der Waals surface area contributed by atoms with Crippen molar-refractivity contribution in [3.63, 3.8) is 0 Å². The Hall–Kier alpha value is -3.08. The smallest absolute Gasteiger partial charge is 0.415 e. The lowest BCUT2D eigenvalue weighted by Crippen LogP contribution is -2.46. The minimum atomic E-state index is -0.755. The molecule has 5 nitrogen and oxygen atoms in total. The molecule has 27 heavy (non-hydrogen) atoms. The highest BCUT2D eigenvalue weighted by atomic mass is 16.6. The van der Waals surface area contributed by atoms with Crippen LogP contribution in [0.4, 0.5) is 4.79 Å². The number of hydrogen-bond donors (Lipinski definition) is 0. The van der Waals surface area contributed by atoms with Crippen LogP contribution in [0, 0.1) is 0 Å². The van der Waals surface area contributed by atoms with Crippen molar-refractivity contribution >= 4 is 12.0 Å². The van der Waals surface area contributed by atoms with Crippen LogP contribution in [-0.2, 0) is 16.1 Å². The first-order chi connectivity index (χ1) is 12.8. The van der Waals surface area contributed by atoms with Crippen LogP contribution in [0.5, 0.6) is 0 Å². The van der Waals surface area contributed by atoms with Gasteiger partial charge in [0.1, 0.15) is 11.6 Å². The van der Waals surface area contributed by atoms with Crippen molar-refractivity contribution in [1.82, 2.24) is 9.80 Å². The van der Waals surface area contributed by atoms with Gasteiger partial charge in [0.25, 0.3) is 5.91 Å². The molecule has 1 aliphatic rings. The van der Waals surface area contributed by atoms with E-state index in [2.05, 4.69) is 0 Å². The molecular formula is C22H24N2O3. The van der Waals surface area contributed by atoms with Crippen molar-refractivity contribution in [2.45, 2.75) is 39.0 Å². The van der Waals surface area contributed by atoms with E-state index >= 15 is 0 Å². The lowest BCUT2D eigenvalue weighted by molar-refractivity contribution is -0.135. The molecule has 0 bridgehead atoms. The Kier molecular flexibility index (Phi) is 5.31. The Labute approximate surface area is 159 Å². The van der Waals surface area contributed by atoms with Gasteiger partial charge >= 0.3 is 6.09 Å². The predicted molar refractivity (Wildman–Crippen MR) is 103 cm³/mol. The SMILES string of the molecule is CC(C)(C)OC(=O)N1C=CN(Cc2ccccc2)C(=O)[C@@H]1c1ccccc1. The second kappa shape index (κ2) is 7.66. The second-order valence-electron chi connectivity index (χ2n) is 7.45. The van der Waals surface area contributed by atoms with Crippen LogP contribution in [0.25, 0.3) is 0 Å². The Bertz CT molecular complexity index is 826. The van der Waals surface area contributed by atoms with Crippen molar-refractivity contribution in [2.24, 2.45) is 0 Å². The van der Waals surface area contributed by atoms with Gasteiger partial charge in [0.05, 0.1) is 6.54 Å². The van der Waals surface area contributed by atoms with Crippen molar-refractivity contribution < 1.29 is 14.3 Å². The maximum atomic E-state index is 13.2. The maximum Gasteiger partial charge on any atom is 0.415 e. The molecule has 5 heteroatoms. The van der Waals surface area contributed by atoms with Gasteiger partial charge in [-0.1, -0.05) is 60.7 Å². The average Bonchev–Trinajstić information content (AvgIpc) is 2.63. The topological polar surface area (TPSA) is 49.9 Å². The monoisotopic (exact) mass is 364 g/mol. The molecule has 1 aliphatic heterocycles. The zero-order chi connectivity index (χ0) is 19.4. The van der Waals surface area contributed by atoms with Gasteiger partial charge in [0.2, 0.25) is 0 Å². The van der Waals surface area contributed by atoms with Crippen molar-refractivity contribution in [3.05, 3.63) is 84.2 Å². The van der Waals surface area contributed by atoms with Crippen molar-refractivity contribution in [3.8, 4) is 0 Å². The second-order valence-corrected chi connectivity index (χ2v) is 7.45. The molecule has 1 atom stereocenters. The molecule has 0 unspecified atom stereocenters. The number of amides is 2. The van der Waals surface area contributed by atoms with Crippen LogP contribution in [0.2, 0.25) is 0 Å². The highest BCUT2D eigenvalue weighted by Gasteiger charge is 2.37. The van der Waals surface area contributed by atoms with Gasteiger partial charge in [-0.25, -0.2) is 4.79 Å². The Balaban J connectivity index is 1.92. The summed E-state index contributed by atoms with van der Waals surface area (Å²) in [5.41, 5.74) is 1.12. The summed E-state index contributed by atoms with van der Waals surface area (Å²) in [5.74, 6) is -0.168. The molecule has 0 radical (unpaired) electrons. The number of hydrogen-bond acceptors (Lipinski definition) is 3. The Morgan fingerprint density at radius 2 is 1.56 bits per heavy atom. The van der Waals surface area contributed by atoms with Gasteiger partial charge in [-0.15, -0.1) is 0 Å². The number of benzene rings is 2. The highest BCUT2D eigenvalue weighted by Crippen LogP contribution is 2.30. The van der Waals surface area contributed by atoms with Crippen molar-refractivity contribution in [2.75, 3.05) is 0 Å². The molecule has 1 heterocycles. The van der Waals surface area contributed by atoms with E-state index in [-0.39, 0.29) is 5.91 Å². The van der Waals surface area contributed by atoms with Crippen LogP contribution in [0.1, 0.15) is 37.9 Å². The standard InChI is InChI=1S/C22H24N2O3/c1-22(2,3)27-21(26)24-15-14-23(16-17-10-6-4-7-11-17)20(25)19(24)18-12-8-5-9-13-18/h4-15,19H,16H2,1-3H3/t19-/m0/s1. The summed E-state index contributed by atoms with van der Waals surface area (Å²) in [7, 11) is 0. The normalized spacial score (nSPS) is 17.1. The highest BCUT2D eigenvalue weighted by molar-refractivity contribution is 5.89. The molecule has 140 valence electrons. The first-order valence-corrected chi connectivity index (χ1v) is 8.94. The molecule has 2 amide bonds. The van der Waals surface area contributed by atoms with E-state index < -0.39 is 17.7 Å². The van der Waals surface area contributed by atoms with Gasteiger partial charge in [-0.3, -0.25) is 9.69 Å². The number of rotatable bonds is 3. The summed E-state index contributed by atoms with van der Waals surface area (Å²) in [4.78, 5) is 28.9. The summed E-state index contributed by atoms with van der Waals surface area (Å²) in [6.07, 6.45) is 2.72. The molecule has 0 spiro atoms. The summed E-state index contributed by atoms with van der Waals surface area (Å²) < 4.78 is 5.50. The maximum absolute atomic E-state index is 13.2. The zero-order valence-electron chi connectivity index (χ0n) is 15.8. The van der Waals surface area contributed by atoms with Gasteiger partial charge in [0, 0.05) is 12.4 Å². The summed E-state index contributed by atoms with van der Waals surface area (Å²) in [6, 6.07) is 18.3. The number of carbonyl (C=O) groups is 2. The first-order valence-electron chi connectivity index (χ1n) is 8.94. The third-order valence-corrected chi connectivity index (χ3v) is 4.12.